The summed E-state index contributed by atoms with van der Waals surface area (Å²) in [5.74, 6) is 2.26. The molecule has 4 aliphatic carbocycles. The van der Waals surface area contributed by atoms with Crippen LogP contribution >= 0.6 is 11.3 Å². The number of methoxy groups -OCH3 is 1. The summed E-state index contributed by atoms with van der Waals surface area (Å²) in [5, 5.41) is 3.25. The molecule has 4 bridgehead atoms. The molecule has 6 nitrogen and oxygen atoms in total. The first-order valence-corrected chi connectivity index (χ1v) is 10.8. The second kappa shape index (κ2) is 6.72. The molecule has 28 heavy (non-hydrogen) atoms. The number of aromatic nitrogens is 1. The number of anilines is 1. The maximum atomic E-state index is 12.8. The van der Waals surface area contributed by atoms with E-state index in [1.165, 1.54) is 30.6 Å². The maximum absolute atomic E-state index is 12.8. The van der Waals surface area contributed by atoms with Crippen LogP contribution in [0.3, 0.4) is 0 Å². The molecule has 2 aromatic rings. The number of hydrogen-bond donors (Lipinski definition) is 1. The standard InChI is InChI=1S/C21H24N2O4S/c1-26-15-2-3-16-17(7-15)28-20(22-16)23-18(24)11-27-19(25)21-8-12-4-13(9-21)6-14(5-12)10-21/h2-3,7,12-14H,4-6,8-11H2,1H3,(H,22,23,24). The van der Waals surface area contributed by atoms with Gasteiger partial charge in [0.1, 0.15) is 5.75 Å². The van der Waals surface area contributed by atoms with Gasteiger partial charge < -0.3 is 9.47 Å². The largest absolute Gasteiger partial charge is 0.497 e. The van der Waals surface area contributed by atoms with Crippen molar-refractivity contribution >= 4 is 38.6 Å². The first-order chi connectivity index (χ1) is 13.5. The Hall–Kier alpha value is -2.15. The van der Waals surface area contributed by atoms with Crippen LogP contribution < -0.4 is 10.1 Å². The van der Waals surface area contributed by atoms with Crippen LogP contribution in [0.25, 0.3) is 10.2 Å². The topological polar surface area (TPSA) is 77.5 Å². The Balaban J connectivity index is 1.20. The van der Waals surface area contributed by atoms with Crippen LogP contribution in [0, 0.1) is 23.2 Å². The Morgan fingerprint density at radius 3 is 2.50 bits per heavy atom. The summed E-state index contributed by atoms with van der Waals surface area (Å²) in [6.07, 6.45) is 6.65. The highest BCUT2D eigenvalue weighted by Crippen LogP contribution is 2.60. The number of amides is 1. The van der Waals surface area contributed by atoms with Crippen LogP contribution in [0.5, 0.6) is 5.75 Å². The Bertz CT molecular complexity index is 902. The van der Waals surface area contributed by atoms with E-state index in [0.717, 1.165) is 35.2 Å². The van der Waals surface area contributed by atoms with E-state index in [2.05, 4.69) is 10.3 Å². The maximum Gasteiger partial charge on any atom is 0.312 e. The fraction of sp³-hybridized carbons (Fsp3) is 0.571. The van der Waals surface area contributed by atoms with Crippen molar-refractivity contribution < 1.29 is 19.1 Å². The highest BCUT2D eigenvalue weighted by atomic mass is 32.1. The van der Waals surface area contributed by atoms with Crippen molar-refractivity contribution in [2.75, 3.05) is 19.0 Å². The summed E-state index contributed by atoms with van der Waals surface area (Å²) in [4.78, 5) is 29.5. The van der Waals surface area contributed by atoms with E-state index in [-0.39, 0.29) is 23.9 Å². The van der Waals surface area contributed by atoms with Crippen LogP contribution in [0.15, 0.2) is 18.2 Å². The van der Waals surface area contributed by atoms with Crippen molar-refractivity contribution in [1.82, 2.24) is 4.98 Å². The van der Waals surface area contributed by atoms with E-state index in [9.17, 15) is 9.59 Å². The smallest absolute Gasteiger partial charge is 0.312 e. The summed E-state index contributed by atoms with van der Waals surface area (Å²) >= 11 is 1.37. The molecule has 1 amide bonds. The third-order valence-corrected chi connectivity index (χ3v) is 7.58. The lowest BCUT2D eigenvalue weighted by molar-refractivity contribution is -0.172. The third kappa shape index (κ3) is 3.15. The fourth-order valence-electron chi connectivity index (χ4n) is 5.89. The van der Waals surface area contributed by atoms with Gasteiger partial charge in [0.15, 0.2) is 11.7 Å². The zero-order valence-corrected chi connectivity index (χ0v) is 16.7. The molecule has 7 heteroatoms. The second-order valence-corrected chi connectivity index (χ2v) is 9.71. The number of hydrogen-bond acceptors (Lipinski definition) is 6. The Kier molecular flexibility index (Phi) is 4.30. The summed E-state index contributed by atoms with van der Waals surface area (Å²) in [6, 6.07) is 5.57. The second-order valence-electron chi connectivity index (χ2n) is 8.67. The number of esters is 1. The summed E-state index contributed by atoms with van der Waals surface area (Å²) in [5.41, 5.74) is 0.466. The van der Waals surface area contributed by atoms with E-state index >= 15 is 0 Å². The molecule has 1 aromatic heterocycles. The minimum absolute atomic E-state index is 0.171. The van der Waals surface area contributed by atoms with Gasteiger partial charge in [-0.1, -0.05) is 11.3 Å². The summed E-state index contributed by atoms with van der Waals surface area (Å²) < 4.78 is 11.6. The quantitative estimate of drug-likeness (QED) is 0.768. The van der Waals surface area contributed by atoms with Gasteiger partial charge in [0.25, 0.3) is 5.91 Å². The molecule has 0 radical (unpaired) electrons. The van der Waals surface area contributed by atoms with Gasteiger partial charge in [0, 0.05) is 0 Å². The van der Waals surface area contributed by atoms with Crippen molar-refractivity contribution in [3.63, 3.8) is 0 Å². The van der Waals surface area contributed by atoms with E-state index in [1.54, 1.807) is 7.11 Å². The molecule has 4 saturated carbocycles. The number of nitrogens with zero attached hydrogens (tertiary/aromatic N) is 1. The molecule has 0 spiro atoms. The van der Waals surface area contributed by atoms with Gasteiger partial charge in [-0.15, -0.1) is 0 Å². The van der Waals surface area contributed by atoms with Gasteiger partial charge >= 0.3 is 5.97 Å². The Morgan fingerprint density at radius 1 is 1.18 bits per heavy atom. The van der Waals surface area contributed by atoms with Crippen LogP contribution in [0.4, 0.5) is 5.13 Å². The van der Waals surface area contributed by atoms with Gasteiger partial charge in [-0.3, -0.25) is 14.9 Å². The SMILES string of the molecule is COc1ccc2nc(NC(=O)COC(=O)C34CC5CC(CC(C5)C3)C4)sc2c1. The number of benzene rings is 1. The zero-order valence-electron chi connectivity index (χ0n) is 15.9. The highest BCUT2D eigenvalue weighted by molar-refractivity contribution is 7.22. The number of carbonyl (C=O) groups excluding carboxylic acids is 2. The molecule has 148 valence electrons. The van der Waals surface area contributed by atoms with E-state index in [4.69, 9.17) is 9.47 Å². The van der Waals surface area contributed by atoms with Crippen LogP contribution in [0.1, 0.15) is 38.5 Å². The number of nitrogens with one attached hydrogen (secondary N) is 1. The van der Waals surface area contributed by atoms with Gasteiger partial charge in [-0.05, 0) is 74.5 Å². The Labute approximate surface area is 167 Å². The molecular weight excluding hydrogens is 376 g/mol. The lowest BCUT2D eigenvalue weighted by Gasteiger charge is -2.55. The molecular formula is C21H24N2O4S. The molecule has 4 aliphatic rings. The molecule has 0 atom stereocenters. The van der Waals surface area contributed by atoms with E-state index < -0.39 is 0 Å². The number of ether oxygens (including phenoxy) is 2. The normalized spacial score (nSPS) is 30.4. The van der Waals surface area contributed by atoms with Crippen molar-refractivity contribution in [3.8, 4) is 5.75 Å². The molecule has 1 N–H and O–H groups in total. The third-order valence-electron chi connectivity index (χ3n) is 6.65. The first-order valence-electron chi connectivity index (χ1n) is 9.95. The first kappa shape index (κ1) is 17.9. The van der Waals surface area contributed by atoms with E-state index in [0.29, 0.717) is 22.9 Å². The van der Waals surface area contributed by atoms with Gasteiger partial charge in [-0.2, -0.15) is 0 Å². The van der Waals surface area contributed by atoms with Crippen LogP contribution in [-0.2, 0) is 14.3 Å². The lowest BCUT2D eigenvalue weighted by Crippen LogP contribution is -2.50. The number of carbonyl (C=O) groups is 2. The highest BCUT2D eigenvalue weighted by Gasteiger charge is 2.55. The predicted molar refractivity (Wildman–Crippen MR) is 106 cm³/mol. The Morgan fingerprint density at radius 2 is 1.86 bits per heavy atom. The molecule has 0 saturated heterocycles. The summed E-state index contributed by atoms with van der Waals surface area (Å²) in [6.45, 7) is -0.250. The van der Waals surface area contributed by atoms with Crippen molar-refractivity contribution in [2.24, 2.45) is 23.2 Å². The fourth-order valence-corrected chi connectivity index (χ4v) is 6.80. The average molecular weight is 401 g/mol. The molecule has 1 aromatic carbocycles. The molecule has 4 fully saturated rings. The minimum Gasteiger partial charge on any atom is -0.497 e. The van der Waals surface area contributed by atoms with E-state index in [1.807, 2.05) is 18.2 Å². The molecule has 1 heterocycles. The van der Waals surface area contributed by atoms with Gasteiger partial charge in [-0.25, -0.2) is 4.98 Å². The minimum atomic E-state index is -0.343. The predicted octanol–water partition coefficient (Wildman–Crippen LogP) is 4.00. The van der Waals surface area contributed by atoms with Crippen LogP contribution in [0.2, 0.25) is 0 Å². The zero-order chi connectivity index (χ0) is 19.3. The van der Waals surface area contributed by atoms with Crippen LogP contribution in [-0.4, -0.2) is 30.6 Å². The van der Waals surface area contributed by atoms with Gasteiger partial charge in [0.2, 0.25) is 0 Å². The molecule has 0 aliphatic heterocycles. The van der Waals surface area contributed by atoms with Crippen molar-refractivity contribution in [3.05, 3.63) is 18.2 Å². The van der Waals surface area contributed by atoms with Gasteiger partial charge in [0.05, 0.1) is 22.7 Å². The molecule has 6 rings (SSSR count). The number of thiazole rings is 1. The lowest BCUT2D eigenvalue weighted by atomic mass is 9.49. The monoisotopic (exact) mass is 400 g/mol. The average Bonchev–Trinajstić information content (AvgIpc) is 3.06. The van der Waals surface area contributed by atoms with Crippen molar-refractivity contribution in [2.45, 2.75) is 38.5 Å². The van der Waals surface area contributed by atoms with Crippen molar-refractivity contribution in [1.29, 1.82) is 0 Å². The molecule has 0 unspecified atom stereocenters. The number of fused-ring (bicyclic) bond motifs is 1. The summed E-state index contributed by atoms with van der Waals surface area (Å²) in [7, 11) is 1.61. The number of rotatable bonds is 5.